The van der Waals surface area contributed by atoms with Gasteiger partial charge >= 0.3 is 0 Å². The SMILES string of the molecule is CC(C)CC(=O)NCC1(CCBr)CC1. The summed E-state index contributed by atoms with van der Waals surface area (Å²) in [6.45, 7) is 5.03. The fourth-order valence-corrected chi connectivity index (χ4v) is 2.46. The van der Waals surface area contributed by atoms with Crippen LogP contribution in [0.4, 0.5) is 0 Å². The van der Waals surface area contributed by atoms with Crippen molar-refractivity contribution in [3.63, 3.8) is 0 Å². The summed E-state index contributed by atoms with van der Waals surface area (Å²) in [7, 11) is 0. The number of rotatable bonds is 6. The number of halogens is 1. The lowest BCUT2D eigenvalue weighted by Crippen LogP contribution is -2.31. The Morgan fingerprint density at radius 2 is 2.14 bits per heavy atom. The molecule has 0 aromatic heterocycles. The minimum absolute atomic E-state index is 0.209. The van der Waals surface area contributed by atoms with Crippen LogP contribution < -0.4 is 5.32 Å². The molecule has 0 aromatic rings. The second-order valence-corrected chi connectivity index (χ2v) is 5.61. The van der Waals surface area contributed by atoms with Gasteiger partial charge in [-0.15, -0.1) is 0 Å². The summed E-state index contributed by atoms with van der Waals surface area (Å²) < 4.78 is 0. The van der Waals surface area contributed by atoms with Crippen LogP contribution in [0.2, 0.25) is 0 Å². The van der Waals surface area contributed by atoms with Crippen molar-refractivity contribution < 1.29 is 4.79 Å². The first kappa shape index (κ1) is 12.0. The van der Waals surface area contributed by atoms with Crippen LogP contribution in [0, 0.1) is 11.3 Å². The van der Waals surface area contributed by atoms with Crippen molar-refractivity contribution in [2.24, 2.45) is 11.3 Å². The van der Waals surface area contributed by atoms with Gasteiger partial charge < -0.3 is 5.32 Å². The monoisotopic (exact) mass is 261 g/mol. The summed E-state index contributed by atoms with van der Waals surface area (Å²) in [6, 6.07) is 0. The van der Waals surface area contributed by atoms with Gasteiger partial charge in [0, 0.05) is 18.3 Å². The molecule has 0 spiro atoms. The van der Waals surface area contributed by atoms with Crippen LogP contribution in [0.5, 0.6) is 0 Å². The smallest absolute Gasteiger partial charge is 0.220 e. The molecule has 0 radical (unpaired) electrons. The van der Waals surface area contributed by atoms with E-state index in [4.69, 9.17) is 0 Å². The van der Waals surface area contributed by atoms with Crippen LogP contribution in [-0.2, 0) is 4.79 Å². The Hall–Kier alpha value is -0.0500. The number of alkyl halides is 1. The zero-order chi connectivity index (χ0) is 10.6. The first-order valence-corrected chi connectivity index (χ1v) is 6.53. The Morgan fingerprint density at radius 1 is 1.50 bits per heavy atom. The molecular formula is C11H20BrNO. The second-order valence-electron chi connectivity index (χ2n) is 4.81. The van der Waals surface area contributed by atoms with Crippen LogP contribution in [0.3, 0.4) is 0 Å². The maximum Gasteiger partial charge on any atom is 0.220 e. The minimum atomic E-state index is 0.209. The summed E-state index contributed by atoms with van der Waals surface area (Å²) in [4.78, 5) is 11.4. The van der Waals surface area contributed by atoms with Crippen molar-refractivity contribution in [1.29, 1.82) is 0 Å². The van der Waals surface area contributed by atoms with Gasteiger partial charge in [0.05, 0.1) is 0 Å². The van der Waals surface area contributed by atoms with E-state index in [2.05, 4.69) is 35.1 Å². The van der Waals surface area contributed by atoms with Crippen molar-refractivity contribution in [3.8, 4) is 0 Å². The van der Waals surface area contributed by atoms with Gasteiger partial charge in [0.25, 0.3) is 0 Å². The molecule has 1 rings (SSSR count). The van der Waals surface area contributed by atoms with E-state index < -0.39 is 0 Å². The first-order valence-electron chi connectivity index (χ1n) is 5.41. The van der Waals surface area contributed by atoms with E-state index in [1.54, 1.807) is 0 Å². The molecule has 0 bridgehead atoms. The van der Waals surface area contributed by atoms with Crippen LogP contribution in [0.1, 0.15) is 39.5 Å². The molecule has 1 fully saturated rings. The standard InChI is InChI=1S/C11H20BrNO/c1-9(2)7-10(14)13-8-11(3-4-11)5-6-12/h9H,3-8H2,1-2H3,(H,13,14). The van der Waals surface area contributed by atoms with E-state index in [1.165, 1.54) is 19.3 Å². The van der Waals surface area contributed by atoms with Gasteiger partial charge in [-0.2, -0.15) is 0 Å². The summed E-state index contributed by atoms with van der Waals surface area (Å²) in [5, 5.41) is 4.09. The van der Waals surface area contributed by atoms with Gasteiger partial charge in [0.2, 0.25) is 5.91 Å². The van der Waals surface area contributed by atoms with Crippen LogP contribution in [0.25, 0.3) is 0 Å². The summed E-state index contributed by atoms with van der Waals surface area (Å²) >= 11 is 3.46. The third kappa shape index (κ3) is 3.99. The Labute approximate surface area is 95.0 Å². The highest BCUT2D eigenvalue weighted by Gasteiger charge is 2.41. The number of hydrogen-bond donors (Lipinski definition) is 1. The topological polar surface area (TPSA) is 29.1 Å². The Morgan fingerprint density at radius 3 is 2.57 bits per heavy atom. The predicted octanol–water partition coefficient (Wildman–Crippen LogP) is 2.71. The van der Waals surface area contributed by atoms with Crippen LogP contribution in [0.15, 0.2) is 0 Å². The largest absolute Gasteiger partial charge is 0.356 e. The normalized spacial score (nSPS) is 18.3. The highest BCUT2D eigenvalue weighted by Crippen LogP contribution is 2.48. The zero-order valence-corrected chi connectivity index (χ0v) is 10.7. The number of carbonyl (C=O) groups is 1. The molecule has 2 nitrogen and oxygen atoms in total. The lowest BCUT2D eigenvalue weighted by Gasteiger charge is -2.15. The number of hydrogen-bond acceptors (Lipinski definition) is 1. The fraction of sp³-hybridized carbons (Fsp3) is 0.909. The highest BCUT2D eigenvalue weighted by molar-refractivity contribution is 9.09. The number of nitrogens with one attached hydrogen (secondary N) is 1. The lowest BCUT2D eigenvalue weighted by molar-refractivity contribution is -0.122. The van der Waals surface area contributed by atoms with E-state index >= 15 is 0 Å². The molecule has 1 saturated carbocycles. The van der Waals surface area contributed by atoms with E-state index in [9.17, 15) is 4.79 Å². The first-order chi connectivity index (χ1) is 6.58. The Balaban J connectivity index is 2.17. The van der Waals surface area contributed by atoms with E-state index in [-0.39, 0.29) is 5.91 Å². The highest BCUT2D eigenvalue weighted by atomic mass is 79.9. The molecule has 0 saturated heterocycles. The van der Waals surface area contributed by atoms with Gasteiger partial charge in [-0.05, 0) is 30.6 Å². The van der Waals surface area contributed by atoms with Crippen molar-refractivity contribution in [2.45, 2.75) is 39.5 Å². The average Bonchev–Trinajstić information content (AvgIpc) is 2.82. The van der Waals surface area contributed by atoms with Crippen molar-refractivity contribution in [3.05, 3.63) is 0 Å². The van der Waals surface area contributed by atoms with Gasteiger partial charge in [0.1, 0.15) is 0 Å². The van der Waals surface area contributed by atoms with Crippen molar-refractivity contribution >= 4 is 21.8 Å². The Bertz CT molecular complexity index is 199. The molecule has 0 atom stereocenters. The fourth-order valence-electron chi connectivity index (χ4n) is 1.62. The van der Waals surface area contributed by atoms with Gasteiger partial charge in [-0.1, -0.05) is 29.8 Å². The molecule has 82 valence electrons. The minimum Gasteiger partial charge on any atom is -0.356 e. The van der Waals surface area contributed by atoms with Gasteiger partial charge in [-0.25, -0.2) is 0 Å². The molecule has 0 aromatic carbocycles. The average molecular weight is 262 g/mol. The van der Waals surface area contributed by atoms with E-state index in [0.29, 0.717) is 17.8 Å². The molecule has 1 aliphatic carbocycles. The van der Waals surface area contributed by atoms with E-state index in [1.807, 2.05) is 0 Å². The summed E-state index contributed by atoms with van der Waals surface area (Å²) in [5.74, 6) is 0.669. The van der Waals surface area contributed by atoms with Crippen molar-refractivity contribution in [2.75, 3.05) is 11.9 Å². The van der Waals surface area contributed by atoms with Crippen molar-refractivity contribution in [1.82, 2.24) is 5.32 Å². The zero-order valence-electron chi connectivity index (χ0n) is 9.11. The lowest BCUT2D eigenvalue weighted by atomic mass is 10.0. The van der Waals surface area contributed by atoms with E-state index in [0.717, 1.165) is 11.9 Å². The second kappa shape index (κ2) is 5.15. The quantitative estimate of drug-likeness (QED) is 0.733. The molecule has 1 aliphatic rings. The molecule has 14 heavy (non-hydrogen) atoms. The van der Waals surface area contributed by atoms with Gasteiger partial charge in [0.15, 0.2) is 0 Å². The number of amides is 1. The van der Waals surface area contributed by atoms with Crippen LogP contribution in [-0.4, -0.2) is 17.8 Å². The van der Waals surface area contributed by atoms with Gasteiger partial charge in [-0.3, -0.25) is 4.79 Å². The molecule has 0 heterocycles. The molecule has 3 heteroatoms. The molecule has 0 aliphatic heterocycles. The summed E-state index contributed by atoms with van der Waals surface area (Å²) in [5.41, 5.74) is 0.441. The maximum atomic E-state index is 11.4. The summed E-state index contributed by atoms with van der Waals surface area (Å²) in [6.07, 6.45) is 4.40. The van der Waals surface area contributed by atoms with Crippen LogP contribution >= 0.6 is 15.9 Å². The number of carbonyl (C=O) groups excluding carboxylic acids is 1. The molecule has 0 unspecified atom stereocenters. The maximum absolute atomic E-state index is 11.4. The molecule has 1 amide bonds. The molecule has 1 N–H and O–H groups in total. The third-order valence-corrected chi connectivity index (χ3v) is 3.23. The Kier molecular flexibility index (Phi) is 4.42. The third-order valence-electron chi connectivity index (χ3n) is 2.84. The predicted molar refractivity (Wildman–Crippen MR) is 62.5 cm³/mol. The molecular weight excluding hydrogens is 242 g/mol.